The Bertz CT molecular complexity index is 1450. The molecule has 0 atom stereocenters. The minimum Gasteiger partial charge on any atom is -0.406 e. The van der Waals surface area contributed by atoms with Gasteiger partial charge in [0.1, 0.15) is 12.1 Å². The van der Waals surface area contributed by atoms with Gasteiger partial charge >= 0.3 is 6.36 Å². The fourth-order valence-electron chi connectivity index (χ4n) is 3.84. The average molecular weight is 569 g/mol. The number of hydrogen-bond acceptors (Lipinski definition) is 6. The number of benzene rings is 3. The summed E-state index contributed by atoms with van der Waals surface area (Å²) in [6.45, 7) is 4.67. The van der Waals surface area contributed by atoms with Crippen LogP contribution in [0.3, 0.4) is 0 Å². The summed E-state index contributed by atoms with van der Waals surface area (Å²) in [5.41, 5.74) is 4.25. The molecule has 0 fully saturated rings. The largest absolute Gasteiger partial charge is 0.573 e. The third-order valence-corrected chi connectivity index (χ3v) is 5.98. The molecule has 4 aromatic rings. The van der Waals surface area contributed by atoms with Crippen LogP contribution in [0.1, 0.15) is 30.9 Å². The number of thiocarbonyl (C=S) groups is 1. The summed E-state index contributed by atoms with van der Waals surface area (Å²) in [6.07, 6.45) is -2.59. The van der Waals surface area contributed by atoms with Gasteiger partial charge in [0.25, 0.3) is 11.2 Å². The first-order valence-electron chi connectivity index (χ1n) is 12.3. The van der Waals surface area contributed by atoms with Crippen molar-refractivity contribution < 1.29 is 22.6 Å². The molecule has 3 N–H and O–H groups in total. The van der Waals surface area contributed by atoms with Crippen LogP contribution in [-0.2, 0) is 11.2 Å². The van der Waals surface area contributed by atoms with Gasteiger partial charge in [-0.2, -0.15) is 0 Å². The lowest BCUT2D eigenvalue weighted by atomic mass is 10.0. The molecule has 0 unspecified atom stereocenters. The van der Waals surface area contributed by atoms with Gasteiger partial charge in [-0.1, -0.05) is 56.3 Å². The van der Waals surface area contributed by atoms with Crippen LogP contribution in [0.2, 0.25) is 0 Å². The zero-order valence-corrected chi connectivity index (χ0v) is 22.5. The van der Waals surface area contributed by atoms with E-state index in [0.717, 1.165) is 22.4 Å². The van der Waals surface area contributed by atoms with Gasteiger partial charge in [-0.25, -0.2) is 9.67 Å². The van der Waals surface area contributed by atoms with Crippen LogP contribution in [0.25, 0.3) is 17.1 Å². The third kappa shape index (κ3) is 8.03. The summed E-state index contributed by atoms with van der Waals surface area (Å²) in [5, 5.41) is 18.5. The Kier molecular flexibility index (Phi) is 9.00. The first kappa shape index (κ1) is 28.6. The van der Waals surface area contributed by atoms with E-state index < -0.39 is 6.36 Å². The number of anilines is 1. The second kappa shape index (κ2) is 12.6. The molecule has 12 heteroatoms. The molecule has 0 saturated carbocycles. The lowest BCUT2D eigenvalue weighted by Gasteiger charge is -2.15. The highest BCUT2D eigenvalue weighted by atomic mass is 32.1. The van der Waals surface area contributed by atoms with Crippen molar-refractivity contribution in [2.45, 2.75) is 32.5 Å². The molecule has 0 aliphatic rings. The van der Waals surface area contributed by atoms with Crippen molar-refractivity contribution in [2.75, 3.05) is 11.9 Å². The highest BCUT2D eigenvalue weighted by Gasteiger charge is 2.31. The normalized spacial score (nSPS) is 11.2. The molecule has 0 saturated heterocycles. The molecular formula is C28H27F3N6O2S. The highest BCUT2D eigenvalue weighted by Crippen LogP contribution is 2.25. The van der Waals surface area contributed by atoms with Crippen molar-refractivity contribution in [2.24, 2.45) is 0 Å². The van der Waals surface area contributed by atoms with Crippen LogP contribution >= 0.6 is 12.2 Å². The number of aromatic nitrogens is 3. The Morgan fingerprint density at radius 2 is 1.73 bits per heavy atom. The van der Waals surface area contributed by atoms with Crippen LogP contribution in [-0.4, -0.2) is 38.9 Å². The summed E-state index contributed by atoms with van der Waals surface area (Å²) in [4.78, 5) is 4.30. The summed E-state index contributed by atoms with van der Waals surface area (Å²) < 4.78 is 47.8. The van der Waals surface area contributed by atoms with E-state index in [2.05, 4.69) is 39.3 Å². The molecule has 0 amide bonds. The number of halogens is 3. The second-order valence-electron chi connectivity index (χ2n) is 9.01. The number of amidine groups is 1. The van der Waals surface area contributed by atoms with E-state index in [1.807, 2.05) is 48.5 Å². The SMILES string of the molecule is CC(C)c1ccccc1NC(=N)OC(=S)NCCc1ccc(-c2ncn(-c3ccc(OC(F)(F)F)cc3)n2)cc1. The first-order chi connectivity index (χ1) is 19.1. The maximum absolute atomic E-state index is 12.4. The fraction of sp³-hybridized carbons (Fsp3) is 0.214. The predicted octanol–water partition coefficient (Wildman–Crippen LogP) is 6.44. The molecule has 3 aromatic carbocycles. The molecule has 0 bridgehead atoms. The van der Waals surface area contributed by atoms with Crippen LogP contribution in [0.5, 0.6) is 5.75 Å². The Morgan fingerprint density at radius 1 is 1.02 bits per heavy atom. The van der Waals surface area contributed by atoms with Gasteiger partial charge in [-0.05, 0) is 66.0 Å². The van der Waals surface area contributed by atoms with Crippen molar-refractivity contribution in [3.8, 4) is 22.8 Å². The summed E-state index contributed by atoms with van der Waals surface area (Å²) in [7, 11) is 0. The van der Waals surface area contributed by atoms with Crippen molar-refractivity contribution in [3.63, 3.8) is 0 Å². The van der Waals surface area contributed by atoms with E-state index in [4.69, 9.17) is 22.4 Å². The fourth-order valence-corrected chi connectivity index (χ4v) is 4.03. The number of rotatable bonds is 8. The van der Waals surface area contributed by atoms with Gasteiger partial charge in [-0.15, -0.1) is 18.3 Å². The Labute approximate surface area is 234 Å². The molecule has 0 radical (unpaired) electrons. The molecule has 40 heavy (non-hydrogen) atoms. The van der Waals surface area contributed by atoms with Crippen molar-refractivity contribution in [1.29, 1.82) is 5.41 Å². The number of ether oxygens (including phenoxy) is 2. The molecular weight excluding hydrogens is 541 g/mol. The van der Waals surface area contributed by atoms with Gasteiger partial charge in [-0.3, -0.25) is 5.41 Å². The standard InChI is InChI=1S/C28H27F3N6O2S/c1-18(2)23-5-3-4-6-24(23)35-26(32)38-27(40)33-16-15-19-7-9-20(10-8-19)25-34-17-37(36-25)21-11-13-22(14-12-21)39-28(29,30)31/h3-14,17-18H,15-16H2,1-2H3,(H2,32,35)(H,33,40). The molecule has 1 aromatic heterocycles. The average Bonchev–Trinajstić information content (AvgIpc) is 3.39. The lowest BCUT2D eigenvalue weighted by Crippen LogP contribution is -2.30. The zero-order chi connectivity index (χ0) is 28.7. The molecule has 0 aliphatic heterocycles. The summed E-state index contributed by atoms with van der Waals surface area (Å²) >= 11 is 5.21. The molecule has 1 heterocycles. The number of nitrogens with zero attached hydrogens (tertiary/aromatic N) is 3. The van der Waals surface area contributed by atoms with Crippen LogP contribution in [0.15, 0.2) is 79.1 Å². The Hall–Kier alpha value is -4.45. The van der Waals surface area contributed by atoms with Crippen LogP contribution in [0, 0.1) is 5.41 Å². The summed E-state index contributed by atoms with van der Waals surface area (Å²) in [5.74, 6) is 0.457. The van der Waals surface area contributed by atoms with Crippen LogP contribution in [0.4, 0.5) is 18.9 Å². The Balaban J connectivity index is 1.25. The predicted molar refractivity (Wildman–Crippen MR) is 151 cm³/mol. The monoisotopic (exact) mass is 568 g/mol. The first-order valence-corrected chi connectivity index (χ1v) is 12.8. The van der Waals surface area contributed by atoms with Crippen molar-refractivity contribution >= 4 is 29.1 Å². The number of para-hydroxylation sites is 1. The van der Waals surface area contributed by atoms with Crippen molar-refractivity contribution in [3.05, 3.63) is 90.3 Å². The minimum atomic E-state index is -4.74. The van der Waals surface area contributed by atoms with Gasteiger partial charge in [0.2, 0.25) is 0 Å². The number of alkyl halides is 3. The molecule has 208 valence electrons. The van der Waals surface area contributed by atoms with E-state index in [-0.39, 0.29) is 16.9 Å². The highest BCUT2D eigenvalue weighted by molar-refractivity contribution is 7.80. The van der Waals surface area contributed by atoms with E-state index >= 15 is 0 Å². The Morgan fingerprint density at radius 3 is 2.40 bits per heavy atom. The maximum Gasteiger partial charge on any atom is 0.573 e. The van der Waals surface area contributed by atoms with E-state index in [1.165, 1.54) is 35.3 Å². The van der Waals surface area contributed by atoms with Gasteiger partial charge in [0.15, 0.2) is 5.82 Å². The smallest absolute Gasteiger partial charge is 0.406 e. The van der Waals surface area contributed by atoms with Crippen LogP contribution < -0.4 is 15.4 Å². The van der Waals surface area contributed by atoms with E-state index in [9.17, 15) is 13.2 Å². The van der Waals surface area contributed by atoms with Gasteiger partial charge < -0.3 is 20.1 Å². The molecule has 8 nitrogen and oxygen atoms in total. The maximum atomic E-state index is 12.4. The number of nitrogens with one attached hydrogen (secondary N) is 3. The molecule has 0 spiro atoms. The minimum absolute atomic E-state index is 0.101. The quantitative estimate of drug-likeness (QED) is 0.128. The zero-order valence-electron chi connectivity index (χ0n) is 21.7. The van der Waals surface area contributed by atoms with Gasteiger partial charge in [0, 0.05) is 17.8 Å². The topological polar surface area (TPSA) is 97.1 Å². The molecule has 0 aliphatic carbocycles. The van der Waals surface area contributed by atoms with E-state index in [0.29, 0.717) is 30.4 Å². The lowest BCUT2D eigenvalue weighted by molar-refractivity contribution is -0.274. The third-order valence-electron chi connectivity index (χ3n) is 5.75. The second-order valence-corrected chi connectivity index (χ2v) is 9.38. The molecule has 4 rings (SSSR count). The van der Waals surface area contributed by atoms with Gasteiger partial charge in [0.05, 0.1) is 5.69 Å². The summed E-state index contributed by atoms with van der Waals surface area (Å²) in [6, 6.07) is 20.6. The van der Waals surface area contributed by atoms with E-state index in [1.54, 1.807) is 0 Å². The van der Waals surface area contributed by atoms with Crippen molar-refractivity contribution in [1.82, 2.24) is 20.1 Å². The number of hydrogen-bond donors (Lipinski definition) is 3.